The maximum absolute atomic E-state index is 13.1. The highest BCUT2D eigenvalue weighted by atomic mass is 19.1. The molecule has 0 aliphatic carbocycles. The van der Waals surface area contributed by atoms with Gasteiger partial charge < -0.3 is 10.6 Å². The van der Waals surface area contributed by atoms with Crippen molar-refractivity contribution in [3.63, 3.8) is 0 Å². The average Bonchev–Trinajstić information content (AvgIpc) is 2.33. The van der Waals surface area contributed by atoms with Gasteiger partial charge in [-0.05, 0) is 61.7 Å². The van der Waals surface area contributed by atoms with Crippen LogP contribution in [0.15, 0.2) is 30.3 Å². The van der Waals surface area contributed by atoms with Gasteiger partial charge in [0.15, 0.2) is 0 Å². The molecule has 0 bridgehead atoms. The molecule has 2 N–H and O–H groups in total. The maximum Gasteiger partial charge on any atom is 0.125 e. The van der Waals surface area contributed by atoms with Gasteiger partial charge in [-0.15, -0.1) is 0 Å². The first-order chi connectivity index (χ1) is 8.90. The first-order valence-electron chi connectivity index (χ1n) is 6.26. The van der Waals surface area contributed by atoms with Gasteiger partial charge in [0.25, 0.3) is 0 Å². The third-order valence-corrected chi connectivity index (χ3v) is 3.52. The van der Waals surface area contributed by atoms with Gasteiger partial charge >= 0.3 is 0 Å². The van der Waals surface area contributed by atoms with Crippen molar-refractivity contribution in [1.82, 2.24) is 0 Å². The summed E-state index contributed by atoms with van der Waals surface area (Å²) in [6.45, 7) is 6.25. The number of hydrogen-bond donors (Lipinski definition) is 1. The van der Waals surface area contributed by atoms with Crippen molar-refractivity contribution in [2.24, 2.45) is 0 Å². The molecule has 0 saturated carbocycles. The van der Waals surface area contributed by atoms with Crippen LogP contribution in [-0.4, -0.2) is 7.05 Å². The molecule has 100 valence electrons. The van der Waals surface area contributed by atoms with Crippen LogP contribution in [0.2, 0.25) is 0 Å². The van der Waals surface area contributed by atoms with Gasteiger partial charge in [0.2, 0.25) is 0 Å². The summed E-state index contributed by atoms with van der Waals surface area (Å²) in [6.07, 6.45) is 0. The van der Waals surface area contributed by atoms with E-state index in [1.807, 2.05) is 11.9 Å². The second kappa shape index (κ2) is 4.92. The predicted octanol–water partition coefficient (Wildman–Crippen LogP) is 4.10. The Kier molecular flexibility index (Phi) is 3.47. The van der Waals surface area contributed by atoms with Crippen LogP contribution in [-0.2, 0) is 0 Å². The average molecular weight is 258 g/mol. The summed E-state index contributed by atoms with van der Waals surface area (Å²) >= 11 is 0. The molecule has 0 spiro atoms. The van der Waals surface area contributed by atoms with E-state index in [1.54, 1.807) is 6.07 Å². The molecule has 2 nitrogen and oxygen atoms in total. The summed E-state index contributed by atoms with van der Waals surface area (Å²) in [7, 11) is 1.95. The number of nitrogen functional groups attached to an aromatic ring is 1. The van der Waals surface area contributed by atoms with Gasteiger partial charge in [-0.2, -0.15) is 0 Å². The first-order valence-corrected chi connectivity index (χ1v) is 6.26. The van der Waals surface area contributed by atoms with E-state index in [4.69, 9.17) is 5.73 Å². The third kappa shape index (κ3) is 2.55. The minimum atomic E-state index is -0.313. The molecule has 3 heteroatoms. The second-order valence-corrected chi connectivity index (χ2v) is 4.99. The van der Waals surface area contributed by atoms with Crippen LogP contribution >= 0.6 is 0 Å². The van der Waals surface area contributed by atoms with Crippen LogP contribution < -0.4 is 10.6 Å². The molecule has 0 heterocycles. The standard InChI is InChI=1S/C16H19FN2/c1-10-7-12(3)16(8-11(10)2)19(4)15-6-5-13(17)9-14(15)18/h5-9H,18H2,1-4H3. The molecule has 0 atom stereocenters. The maximum atomic E-state index is 13.1. The van der Waals surface area contributed by atoms with Gasteiger partial charge in [0, 0.05) is 12.7 Å². The predicted molar refractivity (Wildman–Crippen MR) is 79.5 cm³/mol. The molecule has 0 aliphatic heterocycles. The van der Waals surface area contributed by atoms with E-state index in [9.17, 15) is 4.39 Å². The van der Waals surface area contributed by atoms with Gasteiger partial charge in [-0.1, -0.05) is 6.07 Å². The van der Waals surface area contributed by atoms with Crippen LogP contribution in [0.25, 0.3) is 0 Å². The molecule has 0 saturated heterocycles. The van der Waals surface area contributed by atoms with E-state index >= 15 is 0 Å². The quantitative estimate of drug-likeness (QED) is 0.822. The minimum absolute atomic E-state index is 0.313. The van der Waals surface area contributed by atoms with Gasteiger partial charge in [0.05, 0.1) is 11.4 Å². The zero-order valence-corrected chi connectivity index (χ0v) is 11.8. The van der Waals surface area contributed by atoms with Crippen LogP contribution in [0.1, 0.15) is 16.7 Å². The van der Waals surface area contributed by atoms with E-state index in [0.717, 1.165) is 11.4 Å². The molecular formula is C16H19FN2. The molecule has 0 radical (unpaired) electrons. The Morgan fingerprint density at radius 2 is 1.53 bits per heavy atom. The fourth-order valence-corrected chi connectivity index (χ4v) is 2.27. The lowest BCUT2D eigenvalue weighted by Gasteiger charge is -2.24. The fraction of sp³-hybridized carbons (Fsp3) is 0.250. The summed E-state index contributed by atoms with van der Waals surface area (Å²) < 4.78 is 13.1. The fourth-order valence-electron chi connectivity index (χ4n) is 2.27. The van der Waals surface area contributed by atoms with Gasteiger partial charge in [-0.25, -0.2) is 4.39 Å². The molecule has 2 rings (SSSR count). The van der Waals surface area contributed by atoms with Crippen molar-refractivity contribution in [1.29, 1.82) is 0 Å². The lowest BCUT2D eigenvalue weighted by atomic mass is 10.0. The number of hydrogen-bond acceptors (Lipinski definition) is 2. The zero-order valence-electron chi connectivity index (χ0n) is 11.8. The van der Waals surface area contributed by atoms with Crippen LogP contribution in [0.5, 0.6) is 0 Å². The van der Waals surface area contributed by atoms with Crippen LogP contribution in [0, 0.1) is 26.6 Å². The van der Waals surface area contributed by atoms with Crippen LogP contribution in [0.4, 0.5) is 21.5 Å². The van der Waals surface area contributed by atoms with E-state index in [0.29, 0.717) is 5.69 Å². The Balaban J connectivity index is 2.49. The summed E-state index contributed by atoms with van der Waals surface area (Å²) in [4.78, 5) is 2.00. The van der Waals surface area contributed by atoms with E-state index in [-0.39, 0.29) is 5.82 Å². The number of aryl methyl sites for hydroxylation is 3. The van der Waals surface area contributed by atoms with Crippen molar-refractivity contribution in [2.45, 2.75) is 20.8 Å². The molecule has 2 aromatic rings. The molecular weight excluding hydrogens is 239 g/mol. The molecule has 0 aliphatic rings. The largest absolute Gasteiger partial charge is 0.397 e. The van der Waals surface area contributed by atoms with Gasteiger partial charge in [-0.3, -0.25) is 0 Å². The Morgan fingerprint density at radius 1 is 0.895 bits per heavy atom. The minimum Gasteiger partial charge on any atom is -0.397 e. The lowest BCUT2D eigenvalue weighted by molar-refractivity contribution is 0.628. The van der Waals surface area contributed by atoms with Crippen molar-refractivity contribution in [3.05, 3.63) is 52.8 Å². The van der Waals surface area contributed by atoms with Crippen molar-refractivity contribution < 1.29 is 4.39 Å². The number of anilines is 3. The topological polar surface area (TPSA) is 29.3 Å². The number of nitrogens with two attached hydrogens (primary N) is 1. The number of rotatable bonds is 2. The van der Waals surface area contributed by atoms with Gasteiger partial charge in [0.1, 0.15) is 5.82 Å². The number of benzene rings is 2. The Bertz CT molecular complexity index is 620. The smallest absolute Gasteiger partial charge is 0.125 e. The molecule has 0 unspecified atom stereocenters. The molecule has 0 amide bonds. The molecule has 19 heavy (non-hydrogen) atoms. The molecule has 0 fully saturated rings. The Hall–Kier alpha value is -2.03. The SMILES string of the molecule is Cc1cc(C)c(N(C)c2ccc(F)cc2N)cc1C. The van der Waals surface area contributed by atoms with Crippen LogP contribution in [0.3, 0.4) is 0 Å². The number of halogens is 1. The lowest BCUT2D eigenvalue weighted by Crippen LogP contribution is -2.13. The van der Waals surface area contributed by atoms with Crippen molar-refractivity contribution >= 4 is 17.1 Å². The summed E-state index contributed by atoms with van der Waals surface area (Å²) in [5.41, 5.74) is 11.9. The summed E-state index contributed by atoms with van der Waals surface area (Å²) in [5.74, 6) is -0.313. The van der Waals surface area contributed by atoms with Crippen molar-refractivity contribution in [3.8, 4) is 0 Å². The van der Waals surface area contributed by atoms with E-state index < -0.39 is 0 Å². The normalized spacial score (nSPS) is 10.6. The highest BCUT2D eigenvalue weighted by Crippen LogP contribution is 2.32. The summed E-state index contributed by atoms with van der Waals surface area (Å²) in [6, 6.07) is 8.77. The molecule has 2 aromatic carbocycles. The monoisotopic (exact) mass is 258 g/mol. The molecule has 0 aromatic heterocycles. The third-order valence-electron chi connectivity index (χ3n) is 3.52. The zero-order chi connectivity index (χ0) is 14.2. The number of nitrogens with zero attached hydrogens (tertiary/aromatic N) is 1. The highest BCUT2D eigenvalue weighted by Gasteiger charge is 2.11. The Labute approximate surface area is 113 Å². The highest BCUT2D eigenvalue weighted by molar-refractivity contribution is 5.76. The second-order valence-electron chi connectivity index (χ2n) is 4.99. The van der Waals surface area contributed by atoms with E-state index in [2.05, 4.69) is 32.9 Å². The summed E-state index contributed by atoms with van der Waals surface area (Å²) in [5, 5.41) is 0. The first kappa shape index (κ1) is 13.4. The van der Waals surface area contributed by atoms with E-state index in [1.165, 1.54) is 28.8 Å². The Morgan fingerprint density at radius 3 is 2.16 bits per heavy atom. The van der Waals surface area contributed by atoms with Crippen molar-refractivity contribution in [2.75, 3.05) is 17.7 Å².